The molecule has 6 heteroatoms. The number of nitrogens with zero attached hydrogens (tertiary/aromatic N) is 4. The minimum atomic E-state index is 0.292. The zero-order valence-corrected chi connectivity index (χ0v) is 18.1. The van der Waals surface area contributed by atoms with Crippen LogP contribution in [0.2, 0.25) is 0 Å². The van der Waals surface area contributed by atoms with Crippen molar-refractivity contribution in [1.82, 2.24) is 10.2 Å². The quantitative estimate of drug-likeness (QED) is 0.578. The lowest BCUT2D eigenvalue weighted by Crippen LogP contribution is -2.41. The monoisotopic (exact) mass is 415 g/mol. The van der Waals surface area contributed by atoms with Gasteiger partial charge >= 0.3 is 0 Å². The molecule has 2 aromatic carbocycles. The van der Waals surface area contributed by atoms with Crippen molar-refractivity contribution in [2.45, 2.75) is 38.6 Å². The fourth-order valence-electron chi connectivity index (χ4n) is 4.44. The van der Waals surface area contributed by atoms with Gasteiger partial charge in [-0.25, -0.2) is 4.99 Å². The number of nitriles is 1. The summed E-state index contributed by atoms with van der Waals surface area (Å²) in [5.41, 5.74) is 4.26. The van der Waals surface area contributed by atoms with Gasteiger partial charge in [0.05, 0.1) is 18.2 Å². The van der Waals surface area contributed by atoms with Crippen LogP contribution in [-0.2, 0) is 11.3 Å². The molecule has 0 aromatic heterocycles. The number of hydrogen-bond acceptors (Lipinski definition) is 3. The summed E-state index contributed by atoms with van der Waals surface area (Å²) >= 11 is 0. The molecule has 1 fully saturated rings. The van der Waals surface area contributed by atoms with E-state index in [1.807, 2.05) is 29.2 Å². The van der Waals surface area contributed by atoms with Crippen molar-refractivity contribution in [3.8, 4) is 6.07 Å². The molecule has 6 nitrogen and oxygen atoms in total. The highest BCUT2D eigenvalue weighted by molar-refractivity contribution is 5.98. The van der Waals surface area contributed by atoms with Crippen LogP contribution in [0.15, 0.2) is 53.5 Å². The van der Waals surface area contributed by atoms with Crippen LogP contribution in [0.3, 0.4) is 0 Å². The first kappa shape index (κ1) is 20.9. The number of likely N-dealkylation sites (tertiary alicyclic amines) is 1. The smallest absolute Gasteiger partial charge is 0.222 e. The normalized spacial score (nSPS) is 18.3. The second-order valence-corrected chi connectivity index (χ2v) is 8.12. The van der Waals surface area contributed by atoms with Crippen LogP contribution in [-0.4, -0.2) is 42.9 Å². The van der Waals surface area contributed by atoms with E-state index in [0.717, 1.165) is 50.5 Å². The summed E-state index contributed by atoms with van der Waals surface area (Å²) in [4.78, 5) is 21.2. The number of nitrogens with one attached hydrogen (secondary N) is 1. The molecule has 1 atom stereocenters. The van der Waals surface area contributed by atoms with Crippen LogP contribution in [0, 0.1) is 11.3 Å². The number of carbonyl (C=O) groups excluding carboxylic acids is 1. The molecule has 2 aromatic rings. The molecule has 1 saturated heterocycles. The van der Waals surface area contributed by atoms with E-state index < -0.39 is 0 Å². The molecule has 0 saturated carbocycles. The second-order valence-electron chi connectivity index (χ2n) is 8.12. The Morgan fingerprint density at radius 2 is 2.03 bits per heavy atom. The number of fused-ring (bicyclic) bond motifs is 1. The van der Waals surface area contributed by atoms with E-state index in [-0.39, 0.29) is 0 Å². The number of aliphatic imine (C=N–C) groups is 1. The molecular weight excluding hydrogens is 386 g/mol. The van der Waals surface area contributed by atoms with E-state index in [1.165, 1.54) is 11.3 Å². The minimum absolute atomic E-state index is 0.292. The molecule has 1 N–H and O–H groups in total. The fraction of sp³-hybridized carbons (Fsp3) is 0.400. The van der Waals surface area contributed by atoms with E-state index >= 15 is 0 Å². The van der Waals surface area contributed by atoms with Gasteiger partial charge < -0.3 is 15.1 Å². The van der Waals surface area contributed by atoms with Gasteiger partial charge in [0.1, 0.15) is 0 Å². The van der Waals surface area contributed by atoms with Crippen molar-refractivity contribution in [3.63, 3.8) is 0 Å². The van der Waals surface area contributed by atoms with Gasteiger partial charge in [-0.3, -0.25) is 4.79 Å². The molecule has 0 radical (unpaired) electrons. The first-order valence-corrected chi connectivity index (χ1v) is 11.1. The van der Waals surface area contributed by atoms with Crippen LogP contribution in [0.1, 0.15) is 48.8 Å². The number of hydrogen-bond donors (Lipinski definition) is 1. The first-order valence-electron chi connectivity index (χ1n) is 11.1. The lowest BCUT2D eigenvalue weighted by atomic mass is 9.98. The van der Waals surface area contributed by atoms with Gasteiger partial charge in [-0.2, -0.15) is 5.26 Å². The maximum Gasteiger partial charge on any atom is 0.222 e. The van der Waals surface area contributed by atoms with Crippen LogP contribution in [0.5, 0.6) is 0 Å². The molecule has 0 spiro atoms. The van der Waals surface area contributed by atoms with Crippen LogP contribution < -0.4 is 10.2 Å². The lowest BCUT2D eigenvalue weighted by molar-refractivity contribution is -0.127. The Hall–Kier alpha value is -3.33. The summed E-state index contributed by atoms with van der Waals surface area (Å²) in [5.74, 6) is 1.54. The minimum Gasteiger partial charge on any atom is -0.356 e. The molecule has 0 bridgehead atoms. The van der Waals surface area contributed by atoms with Gasteiger partial charge in [-0.05, 0) is 49.1 Å². The third kappa shape index (κ3) is 4.72. The maximum absolute atomic E-state index is 12.0. The molecule has 160 valence electrons. The average molecular weight is 416 g/mol. The van der Waals surface area contributed by atoms with Crippen LogP contribution in [0.25, 0.3) is 0 Å². The Morgan fingerprint density at radius 1 is 1.23 bits per heavy atom. The van der Waals surface area contributed by atoms with Crippen molar-refractivity contribution >= 4 is 17.6 Å². The molecular formula is C25H29N5O. The van der Waals surface area contributed by atoms with Crippen molar-refractivity contribution in [3.05, 3.63) is 65.2 Å². The van der Waals surface area contributed by atoms with Gasteiger partial charge in [-0.15, -0.1) is 0 Å². The Morgan fingerprint density at radius 3 is 2.74 bits per heavy atom. The Labute approximate surface area is 184 Å². The third-order valence-electron chi connectivity index (χ3n) is 6.07. The number of guanidine groups is 1. The summed E-state index contributed by atoms with van der Waals surface area (Å²) in [5, 5.41) is 12.4. The maximum atomic E-state index is 12.0. The van der Waals surface area contributed by atoms with E-state index in [4.69, 9.17) is 10.3 Å². The molecule has 2 aliphatic heterocycles. The van der Waals surface area contributed by atoms with E-state index in [1.54, 1.807) is 0 Å². The van der Waals surface area contributed by atoms with E-state index in [0.29, 0.717) is 30.4 Å². The average Bonchev–Trinajstić information content (AvgIpc) is 3.38. The standard InChI is InChI=1S/C25H29N5O/c1-2-27-25(28-17-20-11-9-19(16-26)10-12-20)30-18-21(22-6-3-4-7-23(22)30)13-15-29-14-5-8-24(29)31/h3-4,6-7,9-12,21H,2,5,8,13-15,17-18H2,1H3,(H,27,28). The van der Waals surface area contributed by atoms with Gasteiger partial charge in [0.25, 0.3) is 0 Å². The van der Waals surface area contributed by atoms with Crippen LogP contribution >= 0.6 is 0 Å². The zero-order chi connectivity index (χ0) is 21.6. The number of carbonyl (C=O) groups is 1. The number of rotatable bonds is 6. The molecule has 0 aliphatic carbocycles. The highest BCUT2D eigenvalue weighted by Crippen LogP contribution is 2.38. The number of benzene rings is 2. The predicted molar refractivity (Wildman–Crippen MR) is 123 cm³/mol. The predicted octanol–water partition coefficient (Wildman–Crippen LogP) is 3.64. The van der Waals surface area contributed by atoms with Crippen molar-refractivity contribution in [2.75, 3.05) is 31.1 Å². The van der Waals surface area contributed by atoms with Gasteiger partial charge in [-0.1, -0.05) is 30.3 Å². The zero-order valence-electron chi connectivity index (χ0n) is 18.1. The molecule has 1 amide bonds. The van der Waals surface area contributed by atoms with Crippen LogP contribution in [0.4, 0.5) is 5.69 Å². The molecule has 4 rings (SSSR count). The molecule has 1 unspecified atom stereocenters. The highest BCUT2D eigenvalue weighted by atomic mass is 16.2. The Bertz CT molecular complexity index is 992. The third-order valence-corrected chi connectivity index (χ3v) is 6.07. The van der Waals surface area contributed by atoms with Gasteiger partial charge in [0, 0.05) is 44.2 Å². The van der Waals surface area contributed by atoms with Gasteiger partial charge in [0.2, 0.25) is 5.91 Å². The topological polar surface area (TPSA) is 71.7 Å². The molecule has 2 aliphatic rings. The van der Waals surface area contributed by atoms with Crippen molar-refractivity contribution in [1.29, 1.82) is 5.26 Å². The Kier molecular flexibility index (Phi) is 6.51. The Balaban J connectivity index is 1.51. The summed E-state index contributed by atoms with van der Waals surface area (Å²) in [7, 11) is 0. The summed E-state index contributed by atoms with van der Waals surface area (Å²) < 4.78 is 0. The number of para-hydroxylation sites is 1. The fourth-order valence-corrected chi connectivity index (χ4v) is 4.44. The summed E-state index contributed by atoms with van der Waals surface area (Å²) in [6, 6.07) is 18.3. The summed E-state index contributed by atoms with van der Waals surface area (Å²) in [6.45, 7) is 6.00. The first-order chi connectivity index (χ1) is 15.2. The number of anilines is 1. The van der Waals surface area contributed by atoms with Crippen molar-refractivity contribution < 1.29 is 4.79 Å². The van der Waals surface area contributed by atoms with E-state index in [9.17, 15) is 4.79 Å². The summed E-state index contributed by atoms with van der Waals surface area (Å²) in [6.07, 6.45) is 2.65. The largest absolute Gasteiger partial charge is 0.356 e. The highest BCUT2D eigenvalue weighted by Gasteiger charge is 2.32. The van der Waals surface area contributed by atoms with Gasteiger partial charge in [0.15, 0.2) is 5.96 Å². The SMILES string of the molecule is CCNC(=NCc1ccc(C#N)cc1)N1CC(CCN2CCCC2=O)c2ccccc21. The van der Waals surface area contributed by atoms with Crippen molar-refractivity contribution in [2.24, 2.45) is 4.99 Å². The molecule has 31 heavy (non-hydrogen) atoms. The molecule has 2 heterocycles. The van der Waals surface area contributed by atoms with E-state index in [2.05, 4.69) is 47.5 Å². The number of amides is 1. The lowest BCUT2D eigenvalue weighted by Gasteiger charge is -2.23. The second kappa shape index (κ2) is 9.65.